The first-order valence-electron chi connectivity index (χ1n) is 10.9. The van der Waals surface area contributed by atoms with E-state index in [4.69, 9.17) is 29.3 Å². The zero-order valence-corrected chi connectivity index (χ0v) is 18.5. The molecule has 162 valence electrons. The molecule has 0 saturated carbocycles. The summed E-state index contributed by atoms with van der Waals surface area (Å²) in [6.07, 6.45) is 3.16. The summed E-state index contributed by atoms with van der Waals surface area (Å²) >= 11 is 0. The number of fused-ring (bicyclic) bond motifs is 1. The zero-order chi connectivity index (χ0) is 23.9. The van der Waals surface area contributed by atoms with Gasteiger partial charge >= 0.3 is 0 Å². The summed E-state index contributed by atoms with van der Waals surface area (Å²) in [4.78, 5) is 16.6. The Kier molecular flexibility index (Phi) is 5.77. The van der Waals surface area contributed by atoms with Crippen molar-refractivity contribution in [2.75, 3.05) is 36.8 Å². The fourth-order valence-corrected chi connectivity index (χ4v) is 4.34. The fraction of sp³-hybridized carbons (Fsp3) is 0.208. The van der Waals surface area contributed by atoms with E-state index in [1.807, 2.05) is 41.3 Å². The predicted molar refractivity (Wildman–Crippen MR) is 136 cm³/mol. The van der Waals surface area contributed by atoms with Gasteiger partial charge in [-0.1, -0.05) is 17.4 Å². The largest absolute Gasteiger partial charge is 0.384 e. The van der Waals surface area contributed by atoms with Crippen molar-refractivity contribution in [1.29, 1.82) is 0 Å². The Balaban J connectivity index is 1.47. The lowest BCUT2D eigenvalue weighted by Gasteiger charge is -2.44. The Labute approximate surface area is 201 Å². The van der Waals surface area contributed by atoms with Crippen molar-refractivity contribution in [3.63, 3.8) is 0 Å². The molecule has 0 aliphatic carbocycles. The fourth-order valence-electron chi connectivity index (χ4n) is 4.34. The highest BCUT2D eigenvalue weighted by Gasteiger charge is 2.26. The van der Waals surface area contributed by atoms with E-state index < -0.39 is 5.24 Å². The van der Waals surface area contributed by atoms with E-state index in [0.717, 1.165) is 22.0 Å². The Hall–Kier alpha value is -3.39. The Bertz CT molecular complexity index is 1350. The SMILES string of the molecule is [B]C([B])([B])N1CCN(c2ccc(-c3ncnc4ccc(-c5ccnc(N)c5)cc34)cc2F)CC1. The molecule has 10 heteroatoms. The third-order valence-corrected chi connectivity index (χ3v) is 6.14. The quantitative estimate of drug-likeness (QED) is 0.488. The summed E-state index contributed by atoms with van der Waals surface area (Å²) < 4.78 is 15.2. The van der Waals surface area contributed by atoms with Crippen molar-refractivity contribution in [1.82, 2.24) is 19.9 Å². The lowest BCUT2D eigenvalue weighted by Crippen LogP contribution is -2.58. The molecule has 5 rings (SSSR count). The first kappa shape index (κ1) is 22.4. The van der Waals surface area contributed by atoms with E-state index in [9.17, 15) is 0 Å². The van der Waals surface area contributed by atoms with Crippen LogP contribution in [0, 0.1) is 5.82 Å². The van der Waals surface area contributed by atoms with Crippen LogP contribution in [0.1, 0.15) is 0 Å². The number of nitrogens with two attached hydrogens (primary N) is 1. The van der Waals surface area contributed by atoms with Crippen LogP contribution in [0.2, 0.25) is 0 Å². The first-order chi connectivity index (χ1) is 16.3. The van der Waals surface area contributed by atoms with Crippen molar-refractivity contribution in [2.24, 2.45) is 0 Å². The van der Waals surface area contributed by atoms with E-state index >= 15 is 4.39 Å². The van der Waals surface area contributed by atoms with Gasteiger partial charge in [0.25, 0.3) is 0 Å². The van der Waals surface area contributed by atoms with Crippen LogP contribution in [0.25, 0.3) is 33.3 Å². The van der Waals surface area contributed by atoms with Crippen molar-refractivity contribution in [2.45, 2.75) is 5.24 Å². The molecule has 1 fully saturated rings. The van der Waals surface area contributed by atoms with Crippen molar-refractivity contribution < 1.29 is 4.39 Å². The van der Waals surface area contributed by atoms with Crippen molar-refractivity contribution in [3.05, 3.63) is 66.9 Å². The normalized spacial score (nSPS) is 15.0. The van der Waals surface area contributed by atoms with E-state index in [0.29, 0.717) is 48.9 Å². The number of nitrogen functional groups attached to an aromatic ring is 1. The van der Waals surface area contributed by atoms with Gasteiger partial charge in [-0.15, -0.1) is 0 Å². The van der Waals surface area contributed by atoms with Gasteiger partial charge in [0.05, 0.1) is 40.4 Å². The van der Waals surface area contributed by atoms with E-state index in [-0.39, 0.29) is 5.82 Å². The molecular formula is C24H20B3FN6. The van der Waals surface area contributed by atoms with E-state index in [1.165, 1.54) is 12.4 Å². The monoisotopic (exact) mass is 444 g/mol. The molecule has 0 unspecified atom stereocenters. The average Bonchev–Trinajstić information content (AvgIpc) is 2.83. The molecule has 6 radical (unpaired) electrons. The molecule has 0 amide bonds. The Morgan fingerprint density at radius 3 is 2.26 bits per heavy atom. The van der Waals surface area contributed by atoms with E-state index in [1.54, 1.807) is 17.2 Å². The molecule has 34 heavy (non-hydrogen) atoms. The van der Waals surface area contributed by atoms with Gasteiger partial charge in [0, 0.05) is 43.3 Å². The molecular weight excluding hydrogens is 424 g/mol. The van der Waals surface area contributed by atoms with Gasteiger partial charge < -0.3 is 15.5 Å². The average molecular weight is 444 g/mol. The maximum Gasteiger partial charge on any atom is 0.147 e. The molecule has 1 aliphatic heterocycles. The summed E-state index contributed by atoms with van der Waals surface area (Å²) in [6.45, 7) is 2.23. The number of pyridine rings is 1. The van der Waals surface area contributed by atoms with Gasteiger partial charge in [-0.05, 0) is 47.5 Å². The van der Waals surface area contributed by atoms with Gasteiger partial charge in [0.2, 0.25) is 0 Å². The molecule has 2 aromatic carbocycles. The smallest absolute Gasteiger partial charge is 0.147 e. The van der Waals surface area contributed by atoms with Crippen LogP contribution in [0.5, 0.6) is 0 Å². The Morgan fingerprint density at radius 2 is 1.56 bits per heavy atom. The molecule has 0 atom stereocenters. The summed E-state index contributed by atoms with van der Waals surface area (Å²) in [7, 11) is 17.3. The van der Waals surface area contributed by atoms with Crippen LogP contribution in [0.15, 0.2) is 61.1 Å². The second-order valence-corrected chi connectivity index (χ2v) is 8.45. The van der Waals surface area contributed by atoms with Crippen molar-refractivity contribution in [3.8, 4) is 22.4 Å². The molecule has 2 aromatic heterocycles. The number of halogens is 1. The number of piperazine rings is 1. The molecule has 4 aromatic rings. The van der Waals surface area contributed by atoms with Gasteiger partial charge in [-0.25, -0.2) is 19.3 Å². The third kappa shape index (κ3) is 4.38. The number of aromatic nitrogens is 3. The topological polar surface area (TPSA) is 71.2 Å². The number of hydrogen-bond acceptors (Lipinski definition) is 6. The van der Waals surface area contributed by atoms with Crippen LogP contribution in [-0.2, 0) is 0 Å². The predicted octanol–water partition coefficient (Wildman–Crippen LogP) is 2.32. The molecule has 0 bridgehead atoms. The van der Waals surface area contributed by atoms with Gasteiger partial charge in [-0.3, -0.25) is 0 Å². The highest BCUT2D eigenvalue weighted by Crippen LogP contribution is 2.32. The van der Waals surface area contributed by atoms with Gasteiger partial charge in [-0.2, -0.15) is 0 Å². The molecule has 6 nitrogen and oxygen atoms in total. The first-order valence-corrected chi connectivity index (χ1v) is 10.9. The standard InChI is InChI=1S/C24H20B3FN6/c25-24(26,27)34-9-7-33(8-10-34)21-4-2-17(12-19(21)28)23-18-11-15(1-3-20(18)31-14-32-23)16-5-6-30-22(29)13-16/h1-6,11-14H,7-10H2,(H2,29,30). The minimum Gasteiger partial charge on any atom is -0.384 e. The summed E-state index contributed by atoms with van der Waals surface area (Å²) in [5, 5.41) is -0.551. The number of nitrogens with zero attached hydrogens (tertiary/aromatic N) is 5. The van der Waals surface area contributed by atoms with Crippen LogP contribution in [0.3, 0.4) is 0 Å². The number of benzene rings is 2. The van der Waals surface area contributed by atoms with Crippen molar-refractivity contribution >= 4 is 45.9 Å². The van der Waals surface area contributed by atoms with Gasteiger partial charge in [0.15, 0.2) is 0 Å². The Morgan fingerprint density at radius 1 is 0.824 bits per heavy atom. The minimum atomic E-state index is -1.37. The summed E-state index contributed by atoms with van der Waals surface area (Å²) in [5.41, 5.74) is 10.3. The van der Waals surface area contributed by atoms with Crippen LogP contribution < -0.4 is 10.6 Å². The number of anilines is 2. The lowest BCUT2D eigenvalue weighted by molar-refractivity contribution is 0.256. The lowest BCUT2D eigenvalue weighted by atomic mass is 9.48. The van der Waals surface area contributed by atoms with Crippen LogP contribution in [-0.4, -0.2) is 74.8 Å². The maximum atomic E-state index is 15.2. The molecule has 1 aliphatic rings. The second kappa shape index (κ2) is 8.76. The van der Waals surface area contributed by atoms with Crippen LogP contribution in [0.4, 0.5) is 15.9 Å². The number of hydrogen-bond donors (Lipinski definition) is 1. The number of rotatable bonds is 4. The molecule has 0 spiro atoms. The highest BCUT2D eigenvalue weighted by atomic mass is 19.1. The van der Waals surface area contributed by atoms with E-state index in [2.05, 4.69) is 15.0 Å². The second-order valence-electron chi connectivity index (χ2n) is 8.45. The zero-order valence-electron chi connectivity index (χ0n) is 18.5. The maximum absolute atomic E-state index is 15.2. The highest BCUT2D eigenvalue weighted by molar-refractivity contribution is 6.59. The van der Waals surface area contributed by atoms with Gasteiger partial charge in [0.1, 0.15) is 18.0 Å². The van der Waals surface area contributed by atoms with Crippen LogP contribution >= 0.6 is 0 Å². The summed E-state index contributed by atoms with van der Waals surface area (Å²) in [5.74, 6) is 0.117. The minimum absolute atomic E-state index is 0.324. The molecule has 3 heterocycles. The molecule has 2 N–H and O–H groups in total. The third-order valence-electron chi connectivity index (χ3n) is 6.14. The molecule has 1 saturated heterocycles. The summed E-state index contributed by atoms with van der Waals surface area (Å²) in [6, 6.07) is 14.7.